The Kier molecular flexibility index (Phi) is 1.37. The second kappa shape index (κ2) is 4.82. The normalized spacial score (nSPS) is 58.5. The van der Waals surface area contributed by atoms with E-state index in [0.717, 1.165) is 0 Å². The molecule has 3 nitrogen and oxygen atoms in total. The van der Waals surface area contributed by atoms with E-state index in [-0.39, 0.29) is 42.5 Å². The number of hydrogen-bond acceptors (Lipinski definition) is 2. The van der Waals surface area contributed by atoms with Crippen molar-refractivity contribution in [2.75, 3.05) is 26.0 Å². The summed E-state index contributed by atoms with van der Waals surface area (Å²) in [6.45, 7) is -8.32. The van der Waals surface area contributed by atoms with E-state index in [1.807, 2.05) is 0 Å². The molecule has 4 atom stereocenters. The van der Waals surface area contributed by atoms with Crippen LogP contribution >= 0.6 is 0 Å². The van der Waals surface area contributed by atoms with Gasteiger partial charge in [-0.3, -0.25) is 4.79 Å². The highest BCUT2D eigenvalue weighted by molar-refractivity contribution is 5.97. The first-order valence-electron chi connectivity index (χ1n) is 13.2. The van der Waals surface area contributed by atoms with E-state index in [4.69, 9.17) is 15.1 Å². The maximum Gasteiger partial charge on any atom is 0.254 e. The molecule has 3 fully saturated rings. The zero-order chi connectivity index (χ0) is 24.6. The Morgan fingerprint density at radius 1 is 1.27 bits per heavy atom. The SMILES string of the molecule is [2H]C1([2H])CC[C@H]2c3c(cccc31)C(=O)N([C@@H]1C([2H])([2H])N3CC[C@]1([2H])C([2H])([2H])C3([2H])[2H])C2([2H])[2H]. The first kappa shape index (κ1) is 6.27. The number of benzene rings is 1. The van der Waals surface area contributed by atoms with Crippen LogP contribution in [0.3, 0.4) is 0 Å². The van der Waals surface area contributed by atoms with Crippen LogP contribution in [0.25, 0.3) is 0 Å². The third-order valence-corrected chi connectivity index (χ3v) is 4.77. The molecule has 5 aliphatic rings. The summed E-state index contributed by atoms with van der Waals surface area (Å²) in [5.74, 6) is -4.37. The van der Waals surface area contributed by atoms with Crippen molar-refractivity contribution in [1.29, 1.82) is 0 Å². The van der Waals surface area contributed by atoms with Crippen LogP contribution < -0.4 is 0 Å². The Morgan fingerprint density at radius 2 is 2.23 bits per heavy atom. The minimum atomic E-state index is -2.89. The molecule has 4 heterocycles. The zero-order valence-corrected chi connectivity index (χ0v) is 12.0. The van der Waals surface area contributed by atoms with Gasteiger partial charge in [0.25, 0.3) is 5.91 Å². The molecule has 1 unspecified atom stereocenters. The minimum Gasteiger partial charge on any atom is -0.333 e. The topological polar surface area (TPSA) is 23.6 Å². The fraction of sp³-hybridized carbons (Fsp3) is 0.632. The van der Waals surface area contributed by atoms with Gasteiger partial charge in [-0.05, 0) is 68.1 Å². The fourth-order valence-electron chi connectivity index (χ4n) is 3.68. The third kappa shape index (κ3) is 1.81. The highest BCUT2D eigenvalue weighted by Crippen LogP contribution is 2.41. The summed E-state index contributed by atoms with van der Waals surface area (Å²) in [6.07, 6.45) is -4.88. The molecule has 22 heavy (non-hydrogen) atoms. The van der Waals surface area contributed by atoms with Crippen molar-refractivity contribution in [1.82, 2.24) is 9.80 Å². The monoisotopic (exact) mass is 307 g/mol. The molecule has 1 aliphatic carbocycles. The quantitative estimate of drug-likeness (QED) is 0.796. The van der Waals surface area contributed by atoms with Gasteiger partial charge in [0, 0.05) is 42.9 Å². The number of carbonyl (C=O) groups is 1. The van der Waals surface area contributed by atoms with Gasteiger partial charge in [-0.2, -0.15) is 0 Å². The predicted molar refractivity (Wildman–Crippen MR) is 86.1 cm³/mol. The van der Waals surface area contributed by atoms with Crippen molar-refractivity contribution < 1.29 is 19.9 Å². The summed E-state index contributed by atoms with van der Waals surface area (Å²) < 4.78 is 94.3. The lowest BCUT2D eigenvalue weighted by molar-refractivity contribution is 0.00258. The molecule has 1 aromatic carbocycles. The number of hydrogen-bond donors (Lipinski definition) is 0. The molecule has 0 N–H and O–H groups in total. The fourth-order valence-corrected chi connectivity index (χ4v) is 3.68. The Labute approximate surface area is 147 Å². The Hall–Kier alpha value is -1.35. The minimum absolute atomic E-state index is 0.00522. The highest BCUT2D eigenvalue weighted by Gasteiger charge is 2.43. The van der Waals surface area contributed by atoms with E-state index in [0.29, 0.717) is 9.80 Å². The van der Waals surface area contributed by atoms with Crippen molar-refractivity contribution in [2.45, 2.75) is 44.0 Å². The van der Waals surface area contributed by atoms with E-state index in [9.17, 15) is 4.79 Å². The molecular formula is C19H24N2O. The molecule has 1 aromatic rings. The van der Waals surface area contributed by atoms with Crippen molar-refractivity contribution in [3.63, 3.8) is 0 Å². The first-order chi connectivity index (χ1) is 14.9. The largest absolute Gasteiger partial charge is 0.333 e. The summed E-state index contributed by atoms with van der Waals surface area (Å²) in [6, 6.07) is 2.52. The molecule has 6 rings (SSSR count). The third-order valence-electron chi connectivity index (χ3n) is 4.77. The van der Waals surface area contributed by atoms with Gasteiger partial charge in [-0.25, -0.2) is 0 Å². The molecule has 1 amide bonds. The van der Waals surface area contributed by atoms with Crippen molar-refractivity contribution in [3.8, 4) is 0 Å². The van der Waals surface area contributed by atoms with Gasteiger partial charge in [0.05, 0.1) is 2.74 Å². The molecule has 0 aromatic heterocycles. The van der Waals surface area contributed by atoms with E-state index in [1.165, 1.54) is 18.2 Å². The van der Waals surface area contributed by atoms with Crippen LogP contribution in [0.4, 0.5) is 0 Å². The standard InChI is InChI=1S/C19H24N2O/c22-19-16-6-2-4-14-3-1-5-15(18(14)16)11-21(19)17-12-20-9-7-13(17)8-10-20/h2,4,6,13,15,17H,1,3,5,7-12H2/t15-,17-/m1/s1/i3D2,7D2,9D2,11D2,12D2,13D/t13-,15+,17+/m0. The van der Waals surface area contributed by atoms with Crippen LogP contribution in [0.5, 0.6) is 0 Å². The van der Waals surface area contributed by atoms with E-state index >= 15 is 0 Å². The summed E-state index contributed by atoms with van der Waals surface area (Å²) in [4.78, 5) is 15.1. The highest BCUT2D eigenvalue weighted by atomic mass is 16.2. The summed E-state index contributed by atoms with van der Waals surface area (Å²) >= 11 is 0. The Balaban J connectivity index is 1.74. The second-order valence-corrected chi connectivity index (χ2v) is 6.03. The molecule has 116 valence electrons. The number of fused-ring (bicyclic) bond motifs is 3. The maximum absolute atomic E-state index is 13.7. The molecule has 3 heteroatoms. The van der Waals surface area contributed by atoms with Crippen LogP contribution in [-0.4, -0.2) is 47.8 Å². The van der Waals surface area contributed by atoms with Crippen molar-refractivity contribution >= 4 is 5.91 Å². The van der Waals surface area contributed by atoms with Crippen LogP contribution in [0.1, 0.15) is 68.1 Å². The van der Waals surface area contributed by atoms with E-state index < -0.39 is 56.0 Å². The smallest absolute Gasteiger partial charge is 0.254 e. The van der Waals surface area contributed by atoms with Gasteiger partial charge in [-0.15, -0.1) is 0 Å². The van der Waals surface area contributed by atoms with Crippen molar-refractivity contribution in [2.24, 2.45) is 5.89 Å². The van der Waals surface area contributed by atoms with Crippen LogP contribution in [-0.2, 0) is 6.37 Å². The lowest BCUT2D eigenvalue weighted by Crippen LogP contribution is -2.60. The van der Waals surface area contributed by atoms with E-state index in [2.05, 4.69) is 0 Å². The average Bonchev–Trinajstić information content (AvgIpc) is 2.67. The number of rotatable bonds is 1. The molecular weight excluding hydrogens is 272 g/mol. The van der Waals surface area contributed by atoms with Gasteiger partial charge in [0.1, 0.15) is 0 Å². The number of carbonyl (C=O) groups excluding carboxylic acids is 1. The lowest BCUT2D eigenvalue weighted by Gasteiger charge is -2.51. The van der Waals surface area contributed by atoms with Gasteiger partial charge in [-0.1, -0.05) is 12.1 Å². The Morgan fingerprint density at radius 3 is 3.18 bits per heavy atom. The number of piperidine rings is 3. The first-order valence-corrected chi connectivity index (χ1v) is 7.69. The number of aryl methyl sites for hydroxylation is 1. The van der Waals surface area contributed by atoms with Crippen LogP contribution in [0.15, 0.2) is 18.2 Å². The summed E-state index contributed by atoms with van der Waals surface area (Å²) in [5.41, 5.74) is 0.493. The average molecular weight is 307 g/mol. The van der Waals surface area contributed by atoms with Crippen LogP contribution in [0.2, 0.25) is 0 Å². The van der Waals surface area contributed by atoms with Gasteiger partial charge in [0.2, 0.25) is 0 Å². The molecule has 4 aliphatic heterocycles. The predicted octanol–water partition coefficient (Wildman–Crippen LogP) is 2.66. The Bertz CT molecular complexity index is 1060. The molecule has 2 bridgehead atoms. The maximum atomic E-state index is 13.7. The molecule has 3 saturated heterocycles. The zero-order valence-electron chi connectivity index (χ0n) is 23.0. The number of nitrogens with zero attached hydrogens (tertiary/aromatic N) is 2. The lowest BCUT2D eigenvalue weighted by atomic mass is 9.75. The molecule has 0 spiro atoms. The molecule has 0 saturated carbocycles. The summed E-state index contributed by atoms with van der Waals surface area (Å²) in [7, 11) is 0. The van der Waals surface area contributed by atoms with Crippen molar-refractivity contribution in [3.05, 3.63) is 34.9 Å². The van der Waals surface area contributed by atoms with Gasteiger partial charge < -0.3 is 9.80 Å². The number of amides is 1. The summed E-state index contributed by atoms with van der Waals surface area (Å²) in [5, 5.41) is 0. The second-order valence-electron chi connectivity index (χ2n) is 6.03. The van der Waals surface area contributed by atoms with Gasteiger partial charge in [0.15, 0.2) is 0 Å². The van der Waals surface area contributed by atoms with E-state index in [1.54, 1.807) is 0 Å². The molecule has 0 radical (unpaired) electrons. The van der Waals surface area contributed by atoms with Gasteiger partial charge >= 0.3 is 0 Å². The van der Waals surface area contributed by atoms with Crippen LogP contribution in [0, 0.1) is 5.89 Å².